The molecule has 1 fully saturated rings. The van der Waals surface area contributed by atoms with Gasteiger partial charge in [-0.3, -0.25) is 19.5 Å². The monoisotopic (exact) mass is 465 g/mol. The highest BCUT2D eigenvalue weighted by Gasteiger charge is 2.48. The number of nitro groups is 1. The van der Waals surface area contributed by atoms with Crippen molar-refractivity contribution in [1.82, 2.24) is 24.2 Å². The molecule has 0 radical (unpaired) electrons. The molecule has 1 aliphatic heterocycles. The topological polar surface area (TPSA) is 226 Å². The number of hydrogen-bond donors (Lipinski definition) is 4. The van der Waals surface area contributed by atoms with E-state index in [1.165, 1.54) is 23.0 Å². The van der Waals surface area contributed by atoms with Crippen molar-refractivity contribution in [3.8, 4) is 0 Å². The zero-order chi connectivity index (χ0) is 23.2. The van der Waals surface area contributed by atoms with E-state index in [1.54, 1.807) is 4.72 Å². The van der Waals surface area contributed by atoms with Crippen molar-refractivity contribution in [2.24, 2.45) is 0 Å². The lowest BCUT2D eigenvalue weighted by atomic mass is 10.1. The van der Waals surface area contributed by atoms with E-state index < -0.39 is 56.0 Å². The molecule has 0 bridgehead atoms. The molecule has 32 heavy (non-hydrogen) atoms. The number of carbonyl (C=O) groups is 1. The summed E-state index contributed by atoms with van der Waals surface area (Å²) in [4.78, 5) is 33.8. The number of para-hydroxylation sites is 1. The number of benzene rings is 1. The van der Waals surface area contributed by atoms with E-state index in [1.807, 2.05) is 0 Å². The molecule has 168 valence electrons. The minimum atomic E-state index is -4.70. The molecular formula is C16H15N7O8S. The van der Waals surface area contributed by atoms with Crippen LogP contribution in [0.4, 0.5) is 11.5 Å². The Hall–Kier alpha value is -3.73. The number of nitro benzene ring substituents is 1. The first-order valence-electron chi connectivity index (χ1n) is 8.86. The highest BCUT2D eigenvalue weighted by atomic mass is 32.2. The number of nitrogens with two attached hydrogens (primary N) is 1. The Kier molecular flexibility index (Phi) is 5.21. The minimum Gasteiger partial charge on any atom is -0.387 e. The second-order valence-electron chi connectivity index (χ2n) is 6.71. The number of nitrogen functional groups attached to an aromatic ring is 1. The van der Waals surface area contributed by atoms with Gasteiger partial charge < -0.3 is 20.7 Å². The van der Waals surface area contributed by atoms with Gasteiger partial charge in [-0.2, -0.15) is 0 Å². The average molecular weight is 465 g/mol. The van der Waals surface area contributed by atoms with Gasteiger partial charge in [-0.05, 0) is 6.07 Å². The van der Waals surface area contributed by atoms with E-state index in [0.717, 1.165) is 18.5 Å². The molecule has 3 aromatic rings. The third-order valence-electron chi connectivity index (χ3n) is 4.74. The SMILES string of the molecule is Nc1ncnc2c1ncn2[C@@H]1O[C@H](C(=O)NS(=O)(=O)c2ccccc2[N+](=O)[O-])[C@@H](O)[C@H]1O. The van der Waals surface area contributed by atoms with Crippen molar-refractivity contribution in [1.29, 1.82) is 0 Å². The highest BCUT2D eigenvalue weighted by Crippen LogP contribution is 2.32. The van der Waals surface area contributed by atoms with Gasteiger partial charge in [0.15, 0.2) is 28.7 Å². The van der Waals surface area contributed by atoms with E-state index in [9.17, 15) is 33.5 Å². The van der Waals surface area contributed by atoms with Crippen LogP contribution in [0.3, 0.4) is 0 Å². The van der Waals surface area contributed by atoms with Crippen molar-refractivity contribution in [3.63, 3.8) is 0 Å². The Balaban J connectivity index is 1.60. The van der Waals surface area contributed by atoms with Gasteiger partial charge in [0.1, 0.15) is 24.1 Å². The van der Waals surface area contributed by atoms with E-state index in [-0.39, 0.29) is 17.0 Å². The molecule has 1 aromatic carbocycles. The minimum absolute atomic E-state index is 0.0478. The average Bonchev–Trinajstić information content (AvgIpc) is 3.30. The molecule has 1 amide bonds. The molecule has 0 aliphatic carbocycles. The number of hydrogen-bond acceptors (Lipinski definition) is 12. The molecule has 3 heterocycles. The van der Waals surface area contributed by atoms with Gasteiger partial charge in [-0.1, -0.05) is 12.1 Å². The van der Waals surface area contributed by atoms with E-state index in [4.69, 9.17) is 10.5 Å². The van der Waals surface area contributed by atoms with Crippen LogP contribution in [0.5, 0.6) is 0 Å². The number of amides is 1. The Morgan fingerprint density at radius 2 is 1.94 bits per heavy atom. The maximum atomic E-state index is 12.6. The van der Waals surface area contributed by atoms with Crippen LogP contribution in [0.15, 0.2) is 41.8 Å². The van der Waals surface area contributed by atoms with E-state index in [2.05, 4.69) is 15.0 Å². The van der Waals surface area contributed by atoms with Crippen LogP contribution in [0.2, 0.25) is 0 Å². The molecule has 16 heteroatoms. The third kappa shape index (κ3) is 3.50. The first kappa shape index (κ1) is 21.5. The second-order valence-corrected chi connectivity index (χ2v) is 8.36. The molecular weight excluding hydrogens is 450 g/mol. The highest BCUT2D eigenvalue weighted by molar-refractivity contribution is 7.90. The predicted octanol–water partition coefficient (Wildman–Crippen LogP) is -1.56. The predicted molar refractivity (Wildman–Crippen MR) is 104 cm³/mol. The summed E-state index contributed by atoms with van der Waals surface area (Å²) >= 11 is 0. The van der Waals surface area contributed by atoms with Gasteiger partial charge in [-0.15, -0.1) is 0 Å². The number of imidazole rings is 1. The molecule has 0 saturated carbocycles. The number of nitrogens with one attached hydrogen (secondary N) is 1. The number of aliphatic hydroxyl groups excluding tert-OH is 2. The number of fused-ring (bicyclic) bond motifs is 1. The number of aromatic nitrogens is 4. The van der Waals surface area contributed by atoms with Crippen LogP contribution in [-0.2, 0) is 19.6 Å². The van der Waals surface area contributed by atoms with Crippen LogP contribution in [0.1, 0.15) is 6.23 Å². The van der Waals surface area contributed by atoms with Crippen molar-refractivity contribution >= 4 is 38.6 Å². The molecule has 1 aliphatic rings. The van der Waals surface area contributed by atoms with Crippen molar-refractivity contribution in [2.75, 3.05) is 5.73 Å². The summed E-state index contributed by atoms with van der Waals surface area (Å²) in [6.07, 6.45) is -4.37. The first-order chi connectivity index (χ1) is 15.1. The number of carbonyl (C=O) groups excluding carboxylic acids is 1. The molecule has 4 rings (SSSR count). The lowest BCUT2D eigenvalue weighted by Gasteiger charge is -2.16. The maximum Gasteiger partial charge on any atom is 0.289 e. The molecule has 4 atom stereocenters. The third-order valence-corrected chi connectivity index (χ3v) is 6.14. The van der Waals surface area contributed by atoms with Crippen LogP contribution in [-0.4, -0.2) is 67.3 Å². The van der Waals surface area contributed by atoms with Crippen LogP contribution < -0.4 is 10.5 Å². The fourth-order valence-corrected chi connectivity index (χ4v) is 4.41. The molecule has 15 nitrogen and oxygen atoms in total. The number of anilines is 1. The van der Waals surface area contributed by atoms with Gasteiger partial charge in [0.05, 0.1) is 11.3 Å². The summed E-state index contributed by atoms with van der Waals surface area (Å²) < 4.78 is 33.4. The summed E-state index contributed by atoms with van der Waals surface area (Å²) in [5.74, 6) is -1.29. The standard InChI is InChI=1S/C16H15N7O8S/c17-13-9-14(19-5-18-13)22(6-20-9)16-11(25)10(24)12(31-16)15(26)21-32(29,30)8-4-2-1-3-7(8)23(27)28/h1-6,10-12,16,24-25H,(H,21,26)(H2,17,18,19)/t10-,11+,12-,16+/m0/s1. The molecule has 1 saturated heterocycles. The first-order valence-corrected chi connectivity index (χ1v) is 10.3. The molecule has 2 aromatic heterocycles. The fraction of sp³-hybridized carbons (Fsp3) is 0.250. The smallest absolute Gasteiger partial charge is 0.289 e. The summed E-state index contributed by atoms with van der Waals surface area (Å²) in [7, 11) is -4.70. The lowest BCUT2D eigenvalue weighted by Crippen LogP contribution is -2.45. The number of nitrogens with zero attached hydrogens (tertiary/aromatic N) is 5. The van der Waals surface area contributed by atoms with Crippen LogP contribution in [0.25, 0.3) is 11.2 Å². The zero-order valence-corrected chi connectivity index (χ0v) is 16.7. The van der Waals surface area contributed by atoms with Gasteiger partial charge in [0.25, 0.3) is 21.6 Å². The quantitative estimate of drug-likeness (QED) is 0.248. The number of sulfonamides is 1. The van der Waals surface area contributed by atoms with Crippen molar-refractivity contribution < 1.29 is 33.1 Å². The Morgan fingerprint density at radius 3 is 2.66 bits per heavy atom. The van der Waals surface area contributed by atoms with Gasteiger partial charge in [-0.25, -0.2) is 28.1 Å². The van der Waals surface area contributed by atoms with Gasteiger partial charge >= 0.3 is 0 Å². The lowest BCUT2D eigenvalue weighted by molar-refractivity contribution is -0.387. The normalized spacial score (nSPS) is 23.3. The van der Waals surface area contributed by atoms with E-state index >= 15 is 0 Å². The fourth-order valence-electron chi connectivity index (χ4n) is 3.24. The van der Waals surface area contributed by atoms with Gasteiger partial charge in [0.2, 0.25) is 0 Å². The summed E-state index contributed by atoms with van der Waals surface area (Å²) in [5, 5.41) is 31.8. The zero-order valence-electron chi connectivity index (χ0n) is 15.8. The largest absolute Gasteiger partial charge is 0.387 e. The number of rotatable bonds is 5. The summed E-state index contributed by atoms with van der Waals surface area (Å²) in [6.45, 7) is 0. The Morgan fingerprint density at radius 1 is 1.22 bits per heavy atom. The molecule has 0 unspecified atom stereocenters. The number of aliphatic hydroxyl groups is 2. The molecule has 5 N–H and O–H groups in total. The summed E-state index contributed by atoms with van der Waals surface area (Å²) in [5.41, 5.74) is 5.28. The molecule has 0 spiro atoms. The maximum absolute atomic E-state index is 12.6. The van der Waals surface area contributed by atoms with E-state index in [0.29, 0.717) is 0 Å². The Labute approximate surface area is 178 Å². The van der Waals surface area contributed by atoms with Crippen LogP contribution >= 0.6 is 0 Å². The van der Waals surface area contributed by atoms with Crippen molar-refractivity contribution in [2.45, 2.75) is 29.4 Å². The summed E-state index contributed by atoms with van der Waals surface area (Å²) in [6, 6.07) is 4.40. The van der Waals surface area contributed by atoms with Crippen LogP contribution in [0, 0.1) is 10.1 Å². The second kappa shape index (κ2) is 7.75. The van der Waals surface area contributed by atoms with Crippen molar-refractivity contribution in [3.05, 3.63) is 47.0 Å². The Bertz CT molecular complexity index is 1330. The number of ether oxygens (including phenoxy) is 1. The van der Waals surface area contributed by atoms with Gasteiger partial charge in [0, 0.05) is 6.07 Å².